The summed E-state index contributed by atoms with van der Waals surface area (Å²) in [5.41, 5.74) is 8.09. The molecule has 3 heteroatoms. The molecule has 16 heavy (non-hydrogen) atoms. The summed E-state index contributed by atoms with van der Waals surface area (Å²) in [5, 5.41) is 9.10. The largest absolute Gasteiger partial charge is 0.396 e. The van der Waals surface area contributed by atoms with Crippen molar-refractivity contribution in [3.05, 3.63) is 23.4 Å². The first kappa shape index (κ1) is 11.4. The number of rotatable bonds is 2. The predicted molar refractivity (Wildman–Crippen MR) is 65.2 cm³/mol. The lowest BCUT2D eigenvalue weighted by Crippen LogP contribution is -2.17. The number of pyridine rings is 1. The Labute approximate surface area is 96.7 Å². The highest BCUT2D eigenvalue weighted by atomic mass is 16.3. The number of hydrogen-bond acceptors (Lipinski definition) is 3. The first-order valence-corrected chi connectivity index (χ1v) is 6.04. The van der Waals surface area contributed by atoms with Crippen molar-refractivity contribution in [1.29, 1.82) is 0 Å². The van der Waals surface area contributed by atoms with Gasteiger partial charge in [0, 0.05) is 18.2 Å². The van der Waals surface area contributed by atoms with Gasteiger partial charge in [0.05, 0.1) is 0 Å². The Morgan fingerprint density at radius 1 is 1.31 bits per heavy atom. The van der Waals surface area contributed by atoms with Crippen LogP contribution in [0, 0.1) is 12.8 Å². The van der Waals surface area contributed by atoms with E-state index in [9.17, 15) is 0 Å². The molecule has 2 rings (SSSR count). The molecule has 0 atom stereocenters. The molecule has 0 aromatic carbocycles. The van der Waals surface area contributed by atoms with Crippen molar-refractivity contribution in [3.8, 4) is 0 Å². The van der Waals surface area contributed by atoms with Crippen LogP contribution < -0.4 is 5.73 Å². The normalized spacial score (nSPS) is 25.6. The minimum Gasteiger partial charge on any atom is -0.396 e. The van der Waals surface area contributed by atoms with Gasteiger partial charge < -0.3 is 10.8 Å². The lowest BCUT2D eigenvalue weighted by Gasteiger charge is -2.27. The summed E-state index contributed by atoms with van der Waals surface area (Å²) >= 11 is 0. The number of nitrogen functional groups attached to an aromatic ring is 1. The summed E-state index contributed by atoms with van der Waals surface area (Å²) in [6, 6.07) is 4.04. The molecule has 1 heterocycles. The number of aryl methyl sites for hydroxylation is 1. The highest BCUT2D eigenvalue weighted by Gasteiger charge is 2.22. The minimum absolute atomic E-state index is 0.329. The van der Waals surface area contributed by atoms with Gasteiger partial charge in [0.15, 0.2) is 0 Å². The average Bonchev–Trinajstić information content (AvgIpc) is 2.28. The zero-order valence-corrected chi connectivity index (χ0v) is 9.82. The van der Waals surface area contributed by atoms with E-state index in [0.29, 0.717) is 24.3 Å². The summed E-state index contributed by atoms with van der Waals surface area (Å²) in [5.74, 6) is 1.66. The van der Waals surface area contributed by atoms with Crippen LogP contribution in [0.4, 0.5) is 5.82 Å². The van der Waals surface area contributed by atoms with Crippen LogP contribution >= 0.6 is 0 Å². The fraction of sp³-hybridized carbons (Fsp3) is 0.615. The molecule has 0 saturated heterocycles. The monoisotopic (exact) mass is 220 g/mol. The summed E-state index contributed by atoms with van der Waals surface area (Å²) in [6.45, 7) is 2.39. The summed E-state index contributed by atoms with van der Waals surface area (Å²) in [7, 11) is 0. The van der Waals surface area contributed by atoms with Crippen molar-refractivity contribution in [3.63, 3.8) is 0 Å². The molecular weight excluding hydrogens is 200 g/mol. The van der Waals surface area contributed by atoms with Gasteiger partial charge in [-0.1, -0.05) is 0 Å². The highest BCUT2D eigenvalue weighted by molar-refractivity contribution is 5.35. The minimum atomic E-state index is 0.329. The van der Waals surface area contributed by atoms with Crippen molar-refractivity contribution in [2.75, 3.05) is 12.3 Å². The Morgan fingerprint density at radius 3 is 2.56 bits per heavy atom. The van der Waals surface area contributed by atoms with Gasteiger partial charge in [-0.15, -0.1) is 0 Å². The van der Waals surface area contributed by atoms with Crippen molar-refractivity contribution in [1.82, 2.24) is 4.98 Å². The highest BCUT2D eigenvalue weighted by Crippen LogP contribution is 2.35. The van der Waals surface area contributed by atoms with Crippen molar-refractivity contribution >= 4 is 5.82 Å². The number of hydrogen-bond donors (Lipinski definition) is 2. The van der Waals surface area contributed by atoms with Crippen LogP contribution in [0.25, 0.3) is 0 Å². The van der Waals surface area contributed by atoms with E-state index in [1.807, 2.05) is 6.07 Å². The van der Waals surface area contributed by atoms with Gasteiger partial charge in [-0.3, -0.25) is 0 Å². The molecular formula is C13H20N2O. The number of aliphatic hydroxyl groups is 1. The number of aromatic nitrogens is 1. The third-order valence-corrected chi connectivity index (χ3v) is 3.53. The van der Waals surface area contributed by atoms with Crippen molar-refractivity contribution in [2.24, 2.45) is 5.92 Å². The maximum atomic E-state index is 9.10. The molecule has 0 unspecified atom stereocenters. The molecule has 1 aliphatic rings. The molecule has 0 spiro atoms. The molecule has 0 amide bonds. The standard InChI is InChI=1S/C13H20N2O/c1-9-6-12(15-13(14)7-9)11-4-2-10(8-16)3-5-11/h6-7,10-11,16H,2-5,8H2,1H3,(H2,14,15). The van der Waals surface area contributed by atoms with E-state index in [-0.39, 0.29) is 0 Å². The molecule has 1 aromatic heterocycles. The van der Waals surface area contributed by atoms with Crippen molar-refractivity contribution < 1.29 is 5.11 Å². The molecule has 0 radical (unpaired) electrons. The molecule has 3 nitrogen and oxygen atoms in total. The molecule has 0 aliphatic heterocycles. The first-order valence-electron chi connectivity index (χ1n) is 6.04. The van der Waals surface area contributed by atoms with Crippen LogP contribution in [0.3, 0.4) is 0 Å². The predicted octanol–water partition coefficient (Wildman–Crippen LogP) is 2.24. The quantitative estimate of drug-likeness (QED) is 0.803. The second-order valence-electron chi connectivity index (χ2n) is 4.89. The van der Waals surface area contributed by atoms with Crippen LogP contribution in [0.1, 0.15) is 42.9 Å². The summed E-state index contributed by atoms with van der Waals surface area (Å²) < 4.78 is 0. The van der Waals surface area contributed by atoms with Gasteiger partial charge in [0.1, 0.15) is 5.82 Å². The average molecular weight is 220 g/mol. The molecule has 88 valence electrons. The van der Waals surface area contributed by atoms with Crippen LogP contribution in [-0.2, 0) is 0 Å². The lowest BCUT2D eigenvalue weighted by atomic mass is 9.80. The van der Waals surface area contributed by atoms with E-state index in [2.05, 4.69) is 18.0 Å². The van der Waals surface area contributed by atoms with E-state index >= 15 is 0 Å². The van der Waals surface area contributed by atoms with Gasteiger partial charge in [-0.25, -0.2) is 4.98 Å². The second kappa shape index (κ2) is 4.83. The first-order chi connectivity index (χ1) is 7.69. The Morgan fingerprint density at radius 2 is 2.00 bits per heavy atom. The maximum absolute atomic E-state index is 9.10. The summed E-state index contributed by atoms with van der Waals surface area (Å²) in [4.78, 5) is 4.42. The fourth-order valence-electron chi connectivity index (χ4n) is 2.57. The Hall–Kier alpha value is -1.09. The van der Waals surface area contributed by atoms with Crippen LogP contribution in [0.2, 0.25) is 0 Å². The zero-order chi connectivity index (χ0) is 11.5. The second-order valence-corrected chi connectivity index (χ2v) is 4.89. The number of nitrogens with zero attached hydrogens (tertiary/aromatic N) is 1. The smallest absolute Gasteiger partial charge is 0.123 e. The number of anilines is 1. The SMILES string of the molecule is Cc1cc(N)nc(C2CCC(CO)CC2)c1. The van der Waals surface area contributed by atoms with Gasteiger partial charge in [0.2, 0.25) is 0 Å². The Bertz CT molecular complexity index is 337. The Kier molecular flexibility index (Phi) is 3.44. The van der Waals surface area contributed by atoms with Crippen LogP contribution in [-0.4, -0.2) is 16.7 Å². The van der Waals surface area contributed by atoms with E-state index in [1.165, 1.54) is 5.56 Å². The van der Waals surface area contributed by atoms with Gasteiger partial charge in [0.25, 0.3) is 0 Å². The lowest BCUT2D eigenvalue weighted by molar-refractivity contribution is 0.182. The number of nitrogens with two attached hydrogens (primary N) is 1. The third-order valence-electron chi connectivity index (χ3n) is 3.53. The molecule has 1 fully saturated rings. The molecule has 3 N–H and O–H groups in total. The molecule has 1 aromatic rings. The van der Waals surface area contributed by atoms with Gasteiger partial charge in [-0.05, 0) is 56.2 Å². The van der Waals surface area contributed by atoms with Gasteiger partial charge in [-0.2, -0.15) is 0 Å². The third kappa shape index (κ3) is 2.53. The maximum Gasteiger partial charge on any atom is 0.123 e. The molecule has 1 saturated carbocycles. The zero-order valence-electron chi connectivity index (χ0n) is 9.82. The van der Waals surface area contributed by atoms with Crippen molar-refractivity contribution in [2.45, 2.75) is 38.5 Å². The Balaban J connectivity index is 2.08. The number of aliphatic hydroxyl groups excluding tert-OH is 1. The van der Waals surface area contributed by atoms with Gasteiger partial charge >= 0.3 is 0 Å². The van der Waals surface area contributed by atoms with E-state index in [1.54, 1.807) is 0 Å². The topological polar surface area (TPSA) is 59.1 Å². The fourth-order valence-corrected chi connectivity index (χ4v) is 2.57. The molecule has 0 bridgehead atoms. The summed E-state index contributed by atoms with van der Waals surface area (Å²) in [6.07, 6.45) is 4.47. The van der Waals surface area contributed by atoms with E-state index < -0.39 is 0 Å². The van der Waals surface area contributed by atoms with E-state index in [4.69, 9.17) is 10.8 Å². The van der Waals surface area contributed by atoms with E-state index in [0.717, 1.165) is 31.4 Å². The van der Waals surface area contributed by atoms with Crippen LogP contribution in [0.15, 0.2) is 12.1 Å². The molecule has 1 aliphatic carbocycles. The van der Waals surface area contributed by atoms with Crippen LogP contribution in [0.5, 0.6) is 0 Å².